The first kappa shape index (κ1) is 19.0. The number of fused-ring (bicyclic) bond motifs is 6. The summed E-state index contributed by atoms with van der Waals surface area (Å²) in [6, 6.07) is 42.7. The SMILES string of the molecule is c1ccc(-c2ccc3cc(Nc4ccc5oc6ccc7ccccc7c6c5c4)ccc3c2)cc1. The lowest BCUT2D eigenvalue weighted by atomic mass is 10.0. The van der Waals surface area contributed by atoms with Gasteiger partial charge in [0.15, 0.2) is 0 Å². The molecule has 0 aliphatic carbocycles. The molecule has 0 bridgehead atoms. The van der Waals surface area contributed by atoms with Crippen LogP contribution in [0.1, 0.15) is 0 Å². The number of nitrogens with one attached hydrogen (secondary N) is 1. The third-order valence-electron chi connectivity index (χ3n) is 6.60. The summed E-state index contributed by atoms with van der Waals surface area (Å²) in [5.74, 6) is 0. The molecular weight excluding hydrogens is 414 g/mol. The van der Waals surface area contributed by atoms with Gasteiger partial charge < -0.3 is 9.73 Å². The second-order valence-electron chi connectivity index (χ2n) is 8.74. The molecule has 0 radical (unpaired) electrons. The van der Waals surface area contributed by atoms with Gasteiger partial charge in [-0.2, -0.15) is 0 Å². The molecule has 0 saturated heterocycles. The van der Waals surface area contributed by atoms with Crippen LogP contribution in [0.3, 0.4) is 0 Å². The van der Waals surface area contributed by atoms with Crippen molar-refractivity contribution in [1.29, 1.82) is 0 Å². The van der Waals surface area contributed by atoms with Crippen molar-refractivity contribution in [2.24, 2.45) is 0 Å². The highest BCUT2D eigenvalue weighted by Gasteiger charge is 2.11. The molecule has 0 fully saturated rings. The van der Waals surface area contributed by atoms with Gasteiger partial charge in [0.25, 0.3) is 0 Å². The van der Waals surface area contributed by atoms with Crippen LogP contribution in [0, 0.1) is 0 Å². The third-order valence-corrected chi connectivity index (χ3v) is 6.60. The molecule has 34 heavy (non-hydrogen) atoms. The maximum Gasteiger partial charge on any atom is 0.136 e. The molecule has 0 spiro atoms. The summed E-state index contributed by atoms with van der Waals surface area (Å²) in [5, 5.41) is 10.8. The van der Waals surface area contributed by atoms with Crippen LogP contribution in [0.25, 0.3) is 54.6 Å². The van der Waals surface area contributed by atoms with E-state index in [-0.39, 0.29) is 0 Å². The second kappa shape index (κ2) is 7.50. The Bertz CT molecular complexity index is 1830. The van der Waals surface area contributed by atoms with Gasteiger partial charge in [-0.25, -0.2) is 0 Å². The molecule has 2 heteroatoms. The Morgan fingerprint density at radius 2 is 1.15 bits per heavy atom. The topological polar surface area (TPSA) is 25.2 Å². The minimum Gasteiger partial charge on any atom is -0.456 e. The van der Waals surface area contributed by atoms with E-state index in [1.54, 1.807) is 0 Å². The first-order chi connectivity index (χ1) is 16.8. The molecule has 7 aromatic rings. The van der Waals surface area contributed by atoms with E-state index in [4.69, 9.17) is 4.42 Å². The lowest BCUT2D eigenvalue weighted by Crippen LogP contribution is -1.90. The number of hydrogen-bond donors (Lipinski definition) is 1. The van der Waals surface area contributed by atoms with Crippen molar-refractivity contribution in [3.05, 3.63) is 121 Å². The van der Waals surface area contributed by atoms with E-state index in [0.717, 1.165) is 27.9 Å². The highest BCUT2D eigenvalue weighted by atomic mass is 16.3. The second-order valence-corrected chi connectivity index (χ2v) is 8.74. The highest BCUT2D eigenvalue weighted by molar-refractivity contribution is 6.19. The molecule has 0 saturated carbocycles. The van der Waals surface area contributed by atoms with Crippen LogP contribution in [0.15, 0.2) is 126 Å². The molecule has 6 aromatic carbocycles. The van der Waals surface area contributed by atoms with Gasteiger partial charge in [-0.15, -0.1) is 0 Å². The average molecular weight is 436 g/mol. The van der Waals surface area contributed by atoms with Crippen molar-refractivity contribution in [1.82, 2.24) is 0 Å². The van der Waals surface area contributed by atoms with E-state index in [1.807, 2.05) is 0 Å². The summed E-state index contributed by atoms with van der Waals surface area (Å²) in [4.78, 5) is 0. The van der Waals surface area contributed by atoms with Gasteiger partial charge in [0.05, 0.1) is 0 Å². The molecule has 7 rings (SSSR count). The Labute approximate surface area is 197 Å². The van der Waals surface area contributed by atoms with Crippen molar-refractivity contribution in [2.75, 3.05) is 5.32 Å². The Morgan fingerprint density at radius 1 is 0.441 bits per heavy atom. The molecule has 0 unspecified atom stereocenters. The van der Waals surface area contributed by atoms with E-state index >= 15 is 0 Å². The van der Waals surface area contributed by atoms with Gasteiger partial charge in [0, 0.05) is 22.1 Å². The third kappa shape index (κ3) is 3.12. The van der Waals surface area contributed by atoms with Crippen molar-refractivity contribution in [2.45, 2.75) is 0 Å². The number of hydrogen-bond acceptors (Lipinski definition) is 2. The van der Waals surface area contributed by atoms with Crippen molar-refractivity contribution in [3.8, 4) is 11.1 Å². The number of benzene rings is 6. The van der Waals surface area contributed by atoms with Crippen LogP contribution < -0.4 is 5.32 Å². The maximum atomic E-state index is 6.14. The van der Waals surface area contributed by atoms with E-state index in [1.165, 1.54) is 38.1 Å². The largest absolute Gasteiger partial charge is 0.456 e. The number of anilines is 2. The van der Waals surface area contributed by atoms with E-state index in [2.05, 4.69) is 127 Å². The Kier molecular flexibility index (Phi) is 4.18. The van der Waals surface area contributed by atoms with Gasteiger partial charge in [-0.1, -0.05) is 78.9 Å². The van der Waals surface area contributed by atoms with Crippen molar-refractivity contribution in [3.63, 3.8) is 0 Å². The molecular formula is C32H21NO. The van der Waals surface area contributed by atoms with Gasteiger partial charge in [0.1, 0.15) is 11.2 Å². The zero-order chi connectivity index (χ0) is 22.5. The summed E-state index contributed by atoms with van der Waals surface area (Å²) in [6.07, 6.45) is 0. The van der Waals surface area contributed by atoms with Gasteiger partial charge in [0.2, 0.25) is 0 Å². The Morgan fingerprint density at radius 3 is 2.09 bits per heavy atom. The van der Waals surface area contributed by atoms with E-state index < -0.39 is 0 Å². The molecule has 160 valence electrons. The molecule has 2 nitrogen and oxygen atoms in total. The monoisotopic (exact) mass is 435 g/mol. The number of rotatable bonds is 3. The summed E-state index contributed by atoms with van der Waals surface area (Å²) in [5.41, 5.74) is 6.41. The minimum absolute atomic E-state index is 0.906. The Hall–Kier alpha value is -4.56. The summed E-state index contributed by atoms with van der Waals surface area (Å²) >= 11 is 0. The Balaban J connectivity index is 1.28. The van der Waals surface area contributed by atoms with Gasteiger partial charge in [-0.3, -0.25) is 0 Å². The lowest BCUT2D eigenvalue weighted by Gasteiger charge is -2.09. The van der Waals surface area contributed by atoms with Gasteiger partial charge >= 0.3 is 0 Å². The van der Waals surface area contributed by atoms with Crippen LogP contribution >= 0.6 is 0 Å². The fourth-order valence-corrected chi connectivity index (χ4v) is 4.93. The molecule has 0 amide bonds. The number of furan rings is 1. The molecule has 0 aliphatic rings. The van der Waals surface area contributed by atoms with Crippen LogP contribution in [-0.2, 0) is 0 Å². The van der Waals surface area contributed by atoms with Crippen LogP contribution in [0.2, 0.25) is 0 Å². The van der Waals surface area contributed by atoms with Crippen molar-refractivity contribution >= 4 is 54.9 Å². The predicted molar refractivity (Wildman–Crippen MR) is 144 cm³/mol. The predicted octanol–water partition coefficient (Wildman–Crippen LogP) is 9.30. The molecule has 1 heterocycles. The smallest absolute Gasteiger partial charge is 0.136 e. The van der Waals surface area contributed by atoms with Crippen LogP contribution in [0.4, 0.5) is 11.4 Å². The van der Waals surface area contributed by atoms with E-state index in [0.29, 0.717) is 0 Å². The standard InChI is InChI=1S/C32H21NO/c1-2-6-21(7-3-1)23-10-11-25-19-26(14-12-24(25)18-23)33-27-15-17-30-29(20-27)32-28-9-5-4-8-22(28)13-16-31(32)34-30/h1-20,33H. The molecule has 1 N–H and O–H groups in total. The summed E-state index contributed by atoms with van der Waals surface area (Å²) < 4.78 is 6.14. The first-order valence-corrected chi connectivity index (χ1v) is 11.5. The minimum atomic E-state index is 0.906. The normalized spacial score (nSPS) is 11.5. The fraction of sp³-hybridized carbons (Fsp3) is 0. The zero-order valence-corrected chi connectivity index (χ0v) is 18.5. The molecule has 0 aliphatic heterocycles. The molecule has 0 atom stereocenters. The highest BCUT2D eigenvalue weighted by Crippen LogP contribution is 2.36. The maximum absolute atomic E-state index is 6.14. The van der Waals surface area contributed by atoms with Gasteiger partial charge in [-0.05, 0) is 75.1 Å². The summed E-state index contributed by atoms with van der Waals surface area (Å²) in [7, 11) is 0. The average Bonchev–Trinajstić information content (AvgIpc) is 3.27. The van der Waals surface area contributed by atoms with Crippen LogP contribution in [0.5, 0.6) is 0 Å². The fourth-order valence-electron chi connectivity index (χ4n) is 4.93. The molecule has 1 aromatic heterocycles. The zero-order valence-electron chi connectivity index (χ0n) is 18.5. The summed E-state index contributed by atoms with van der Waals surface area (Å²) in [6.45, 7) is 0. The van der Waals surface area contributed by atoms with Crippen LogP contribution in [-0.4, -0.2) is 0 Å². The van der Waals surface area contributed by atoms with E-state index in [9.17, 15) is 0 Å². The lowest BCUT2D eigenvalue weighted by molar-refractivity contribution is 0.669. The van der Waals surface area contributed by atoms with Crippen molar-refractivity contribution < 1.29 is 4.42 Å². The quantitative estimate of drug-likeness (QED) is 0.299. The first-order valence-electron chi connectivity index (χ1n) is 11.5.